The average molecular weight is 229 g/mol. The Kier molecular flexibility index (Phi) is 3.55. The van der Waals surface area contributed by atoms with Gasteiger partial charge in [0.05, 0.1) is 5.69 Å². The van der Waals surface area contributed by atoms with Gasteiger partial charge >= 0.3 is 5.97 Å². The number of aliphatic carboxylic acids is 1. The summed E-state index contributed by atoms with van der Waals surface area (Å²) >= 11 is 0. The van der Waals surface area contributed by atoms with E-state index in [1.807, 2.05) is 5.32 Å². The fraction of sp³-hybridized carbons (Fsp3) is 0.200. The topological polar surface area (TPSA) is 66.4 Å². The van der Waals surface area contributed by atoms with Crippen molar-refractivity contribution in [3.8, 4) is 0 Å². The highest BCUT2D eigenvalue weighted by Crippen LogP contribution is 2.18. The Morgan fingerprint density at radius 1 is 1.31 bits per heavy atom. The van der Waals surface area contributed by atoms with E-state index in [0.29, 0.717) is 0 Å². The van der Waals surface area contributed by atoms with E-state index in [1.54, 1.807) is 0 Å². The lowest BCUT2D eigenvalue weighted by Gasteiger charge is -2.06. The van der Waals surface area contributed by atoms with Gasteiger partial charge in [-0.1, -0.05) is 0 Å². The molecule has 16 heavy (non-hydrogen) atoms. The van der Waals surface area contributed by atoms with Crippen LogP contribution >= 0.6 is 0 Å². The van der Waals surface area contributed by atoms with E-state index < -0.39 is 29.9 Å². The van der Waals surface area contributed by atoms with E-state index in [4.69, 9.17) is 5.11 Å². The number of aryl methyl sites for hydroxylation is 1. The number of amides is 1. The Balaban J connectivity index is 2.85. The van der Waals surface area contributed by atoms with E-state index in [0.717, 1.165) is 12.1 Å². The molecule has 0 saturated heterocycles. The van der Waals surface area contributed by atoms with Crippen LogP contribution in [0.5, 0.6) is 0 Å². The number of carbonyl (C=O) groups excluding carboxylic acids is 1. The molecular formula is C10H9F2NO3. The van der Waals surface area contributed by atoms with Crippen molar-refractivity contribution in [3.05, 3.63) is 29.3 Å². The van der Waals surface area contributed by atoms with Gasteiger partial charge in [0.25, 0.3) is 0 Å². The van der Waals surface area contributed by atoms with E-state index in [-0.39, 0.29) is 11.3 Å². The zero-order chi connectivity index (χ0) is 12.3. The zero-order valence-corrected chi connectivity index (χ0v) is 8.38. The summed E-state index contributed by atoms with van der Waals surface area (Å²) in [6, 6.07) is 1.73. The standard InChI is InChI=1S/C10H9F2NO3/c1-5-2-7(12)8(3-6(5)11)13-9(14)4-10(15)16/h2-3H,4H2,1H3,(H,13,14)(H,15,16). The third-order valence-corrected chi connectivity index (χ3v) is 1.83. The molecule has 1 aromatic carbocycles. The molecule has 0 unspecified atom stereocenters. The molecule has 1 amide bonds. The van der Waals surface area contributed by atoms with Gasteiger partial charge in [-0.25, -0.2) is 8.78 Å². The second-order valence-corrected chi connectivity index (χ2v) is 3.20. The molecule has 0 spiro atoms. The largest absolute Gasteiger partial charge is 0.481 e. The lowest BCUT2D eigenvalue weighted by molar-refractivity contribution is -0.139. The number of anilines is 1. The lowest BCUT2D eigenvalue weighted by Crippen LogP contribution is -2.17. The molecule has 0 bridgehead atoms. The maximum atomic E-state index is 13.2. The fourth-order valence-electron chi connectivity index (χ4n) is 1.07. The summed E-state index contributed by atoms with van der Waals surface area (Å²) in [4.78, 5) is 21.2. The first-order valence-corrected chi connectivity index (χ1v) is 4.37. The monoisotopic (exact) mass is 229 g/mol. The molecule has 0 aliphatic rings. The quantitative estimate of drug-likeness (QED) is 0.775. The zero-order valence-electron chi connectivity index (χ0n) is 8.38. The molecule has 0 heterocycles. The number of carbonyl (C=O) groups is 2. The van der Waals surface area contributed by atoms with Gasteiger partial charge < -0.3 is 10.4 Å². The van der Waals surface area contributed by atoms with Gasteiger partial charge in [-0.05, 0) is 18.6 Å². The molecule has 0 radical (unpaired) electrons. The SMILES string of the molecule is Cc1cc(F)c(NC(=O)CC(=O)O)cc1F. The number of carboxylic acid groups (broad SMARTS) is 1. The van der Waals surface area contributed by atoms with Crippen LogP contribution in [0.1, 0.15) is 12.0 Å². The molecule has 2 N–H and O–H groups in total. The number of hydrogen-bond acceptors (Lipinski definition) is 2. The average Bonchev–Trinajstić information content (AvgIpc) is 2.12. The normalized spacial score (nSPS) is 9.94. The predicted octanol–water partition coefficient (Wildman–Crippen LogP) is 1.69. The third-order valence-electron chi connectivity index (χ3n) is 1.83. The minimum atomic E-state index is -1.34. The maximum absolute atomic E-state index is 13.2. The van der Waals surface area contributed by atoms with Crippen LogP contribution in [-0.4, -0.2) is 17.0 Å². The second kappa shape index (κ2) is 4.69. The van der Waals surface area contributed by atoms with Crippen LogP contribution in [0.2, 0.25) is 0 Å². The first-order chi connectivity index (χ1) is 7.40. The summed E-state index contributed by atoms with van der Waals surface area (Å²) in [7, 11) is 0. The highest BCUT2D eigenvalue weighted by Gasteiger charge is 2.12. The first-order valence-electron chi connectivity index (χ1n) is 4.37. The van der Waals surface area contributed by atoms with Crippen molar-refractivity contribution in [2.24, 2.45) is 0 Å². The van der Waals surface area contributed by atoms with Gasteiger partial charge in [0.15, 0.2) is 0 Å². The van der Waals surface area contributed by atoms with Crippen LogP contribution in [0.4, 0.5) is 14.5 Å². The molecule has 1 aromatic rings. The van der Waals surface area contributed by atoms with Crippen molar-refractivity contribution in [2.75, 3.05) is 5.32 Å². The van der Waals surface area contributed by atoms with Crippen LogP contribution in [0.3, 0.4) is 0 Å². The summed E-state index contributed by atoms with van der Waals surface area (Å²) in [5.41, 5.74) is -0.261. The minimum Gasteiger partial charge on any atom is -0.481 e. The van der Waals surface area contributed by atoms with E-state index in [1.165, 1.54) is 6.92 Å². The van der Waals surface area contributed by atoms with Crippen molar-refractivity contribution >= 4 is 17.6 Å². The van der Waals surface area contributed by atoms with Gasteiger partial charge in [-0.15, -0.1) is 0 Å². The predicted molar refractivity (Wildman–Crippen MR) is 52.0 cm³/mol. The summed E-state index contributed by atoms with van der Waals surface area (Å²) in [5, 5.41) is 10.3. The van der Waals surface area contributed by atoms with Crippen molar-refractivity contribution in [3.63, 3.8) is 0 Å². The van der Waals surface area contributed by atoms with E-state index >= 15 is 0 Å². The molecule has 86 valence electrons. The number of hydrogen-bond donors (Lipinski definition) is 2. The Morgan fingerprint density at radius 2 is 1.94 bits per heavy atom. The van der Waals surface area contributed by atoms with Crippen LogP contribution in [-0.2, 0) is 9.59 Å². The molecule has 1 rings (SSSR count). The van der Waals surface area contributed by atoms with Crippen LogP contribution < -0.4 is 5.32 Å². The molecular weight excluding hydrogens is 220 g/mol. The van der Waals surface area contributed by atoms with Crippen molar-refractivity contribution in [2.45, 2.75) is 13.3 Å². The van der Waals surface area contributed by atoms with Crippen LogP contribution in [0, 0.1) is 18.6 Å². The molecule has 4 nitrogen and oxygen atoms in total. The second-order valence-electron chi connectivity index (χ2n) is 3.20. The molecule has 0 aliphatic carbocycles. The maximum Gasteiger partial charge on any atom is 0.312 e. The molecule has 6 heteroatoms. The van der Waals surface area contributed by atoms with Gasteiger partial charge in [0, 0.05) is 6.07 Å². The number of benzene rings is 1. The van der Waals surface area contributed by atoms with Gasteiger partial charge in [-0.3, -0.25) is 9.59 Å². The Hall–Kier alpha value is -1.98. The van der Waals surface area contributed by atoms with Crippen molar-refractivity contribution in [1.29, 1.82) is 0 Å². The lowest BCUT2D eigenvalue weighted by atomic mass is 10.2. The fourth-order valence-corrected chi connectivity index (χ4v) is 1.07. The smallest absolute Gasteiger partial charge is 0.312 e. The number of carboxylic acids is 1. The van der Waals surface area contributed by atoms with E-state index in [9.17, 15) is 18.4 Å². The Bertz CT molecular complexity index is 446. The third kappa shape index (κ3) is 3.01. The van der Waals surface area contributed by atoms with E-state index in [2.05, 4.69) is 0 Å². The number of halogens is 2. The van der Waals surface area contributed by atoms with Crippen LogP contribution in [0.15, 0.2) is 12.1 Å². The van der Waals surface area contributed by atoms with Gasteiger partial charge in [0.1, 0.15) is 18.1 Å². The number of nitrogens with one attached hydrogen (secondary N) is 1. The molecule has 0 aliphatic heterocycles. The van der Waals surface area contributed by atoms with Crippen molar-refractivity contribution in [1.82, 2.24) is 0 Å². The summed E-state index contributed by atoms with van der Waals surface area (Å²) in [5.74, 6) is -3.73. The molecule has 0 atom stereocenters. The Morgan fingerprint density at radius 3 is 2.50 bits per heavy atom. The molecule has 0 aromatic heterocycles. The summed E-state index contributed by atoms with van der Waals surface area (Å²) in [6.45, 7) is 1.38. The van der Waals surface area contributed by atoms with Gasteiger partial charge in [-0.2, -0.15) is 0 Å². The summed E-state index contributed by atoms with van der Waals surface area (Å²) in [6.07, 6.45) is -0.797. The minimum absolute atomic E-state index is 0.105. The van der Waals surface area contributed by atoms with Gasteiger partial charge in [0.2, 0.25) is 5.91 Å². The molecule has 0 saturated carbocycles. The van der Waals surface area contributed by atoms with Crippen LogP contribution in [0.25, 0.3) is 0 Å². The molecule has 0 fully saturated rings. The highest BCUT2D eigenvalue weighted by atomic mass is 19.1. The Labute approximate surface area is 89.9 Å². The highest BCUT2D eigenvalue weighted by molar-refractivity contribution is 6.01. The number of rotatable bonds is 3. The summed E-state index contributed by atoms with van der Waals surface area (Å²) < 4.78 is 26.2. The van der Waals surface area contributed by atoms with Crippen molar-refractivity contribution < 1.29 is 23.5 Å². The first kappa shape index (κ1) is 12.1.